The van der Waals surface area contributed by atoms with Crippen molar-refractivity contribution in [2.24, 2.45) is 0 Å². The zero-order chi connectivity index (χ0) is 11.6. The standard InChI is InChI=1S/C8H20NO5P/c1-3-9-5-6-12-7-8-14-15(10,11)13-4-2/h9H,3-8H2,1-2H3,(H,10,11). The molecule has 0 saturated carbocycles. The molecule has 0 heterocycles. The van der Waals surface area contributed by atoms with Gasteiger partial charge in [0.2, 0.25) is 0 Å². The van der Waals surface area contributed by atoms with E-state index in [9.17, 15) is 4.57 Å². The van der Waals surface area contributed by atoms with Crippen LogP contribution in [0.3, 0.4) is 0 Å². The topological polar surface area (TPSA) is 77.0 Å². The summed E-state index contributed by atoms with van der Waals surface area (Å²) >= 11 is 0. The number of likely N-dealkylation sites (N-methyl/N-ethyl adjacent to an activating group) is 1. The molecule has 0 aromatic carbocycles. The molecule has 2 N–H and O–H groups in total. The number of nitrogens with one attached hydrogen (secondary N) is 1. The molecule has 7 heteroatoms. The molecule has 0 radical (unpaired) electrons. The highest BCUT2D eigenvalue weighted by atomic mass is 31.2. The van der Waals surface area contributed by atoms with Crippen molar-refractivity contribution < 1.29 is 23.2 Å². The minimum atomic E-state index is -3.85. The van der Waals surface area contributed by atoms with Gasteiger partial charge < -0.3 is 14.9 Å². The Morgan fingerprint density at radius 1 is 1.20 bits per heavy atom. The van der Waals surface area contributed by atoms with E-state index in [0.717, 1.165) is 13.1 Å². The van der Waals surface area contributed by atoms with Gasteiger partial charge in [0.05, 0.1) is 26.4 Å². The molecule has 0 aromatic heterocycles. The average molecular weight is 241 g/mol. The third-order valence-corrected chi connectivity index (χ3v) is 2.54. The average Bonchev–Trinajstić information content (AvgIpc) is 2.16. The van der Waals surface area contributed by atoms with Gasteiger partial charge in [0.15, 0.2) is 0 Å². The van der Waals surface area contributed by atoms with E-state index in [-0.39, 0.29) is 19.8 Å². The van der Waals surface area contributed by atoms with Gasteiger partial charge in [-0.2, -0.15) is 0 Å². The third-order valence-electron chi connectivity index (χ3n) is 1.45. The van der Waals surface area contributed by atoms with E-state index in [4.69, 9.17) is 9.63 Å². The van der Waals surface area contributed by atoms with Crippen LogP contribution < -0.4 is 5.32 Å². The van der Waals surface area contributed by atoms with Gasteiger partial charge in [-0.3, -0.25) is 9.05 Å². The van der Waals surface area contributed by atoms with E-state index in [2.05, 4.69) is 14.4 Å². The van der Waals surface area contributed by atoms with Crippen LogP contribution in [-0.4, -0.2) is 44.4 Å². The highest BCUT2D eigenvalue weighted by molar-refractivity contribution is 7.47. The maximum atomic E-state index is 11.0. The summed E-state index contributed by atoms with van der Waals surface area (Å²) in [4.78, 5) is 9.00. The second-order valence-electron chi connectivity index (χ2n) is 2.69. The molecule has 1 unspecified atom stereocenters. The lowest BCUT2D eigenvalue weighted by Crippen LogP contribution is -2.19. The Morgan fingerprint density at radius 3 is 2.53 bits per heavy atom. The van der Waals surface area contributed by atoms with Crippen molar-refractivity contribution in [1.82, 2.24) is 5.32 Å². The molecule has 0 saturated heterocycles. The number of rotatable bonds is 10. The van der Waals surface area contributed by atoms with Crippen molar-refractivity contribution in [1.29, 1.82) is 0 Å². The second kappa shape index (κ2) is 9.27. The maximum absolute atomic E-state index is 11.0. The molecule has 92 valence electrons. The molecule has 0 aliphatic carbocycles. The number of phosphoric acid groups is 1. The third kappa shape index (κ3) is 10.3. The molecular formula is C8H20NO5P. The van der Waals surface area contributed by atoms with Crippen LogP contribution in [0.15, 0.2) is 0 Å². The maximum Gasteiger partial charge on any atom is 0.472 e. The van der Waals surface area contributed by atoms with Crippen molar-refractivity contribution >= 4 is 7.82 Å². The molecular weight excluding hydrogens is 221 g/mol. The Kier molecular flexibility index (Phi) is 9.29. The molecule has 0 aliphatic heterocycles. The van der Waals surface area contributed by atoms with Crippen molar-refractivity contribution in [3.8, 4) is 0 Å². The van der Waals surface area contributed by atoms with Gasteiger partial charge in [0.25, 0.3) is 0 Å². The normalized spacial score (nSPS) is 15.1. The Hall–Kier alpha value is 0.0300. The lowest BCUT2D eigenvalue weighted by molar-refractivity contribution is 0.0792. The fourth-order valence-electron chi connectivity index (χ4n) is 0.835. The molecule has 0 bridgehead atoms. The molecule has 0 amide bonds. The summed E-state index contributed by atoms with van der Waals surface area (Å²) in [7, 11) is -3.85. The summed E-state index contributed by atoms with van der Waals surface area (Å²) in [6.45, 7) is 6.33. The SMILES string of the molecule is CCNCCOCCOP(=O)(O)OCC. The lowest BCUT2D eigenvalue weighted by Gasteiger charge is -2.10. The zero-order valence-corrected chi connectivity index (χ0v) is 10.2. The Balaban J connectivity index is 3.26. The van der Waals surface area contributed by atoms with E-state index in [1.54, 1.807) is 6.92 Å². The van der Waals surface area contributed by atoms with E-state index < -0.39 is 7.82 Å². The summed E-state index contributed by atoms with van der Waals surface area (Å²) in [6.07, 6.45) is 0. The van der Waals surface area contributed by atoms with E-state index in [0.29, 0.717) is 6.61 Å². The van der Waals surface area contributed by atoms with E-state index in [1.807, 2.05) is 6.92 Å². The van der Waals surface area contributed by atoms with Crippen molar-refractivity contribution in [3.05, 3.63) is 0 Å². The number of ether oxygens (including phenoxy) is 1. The van der Waals surface area contributed by atoms with Crippen LogP contribution in [0.2, 0.25) is 0 Å². The first-order chi connectivity index (χ1) is 7.12. The first-order valence-electron chi connectivity index (χ1n) is 5.02. The van der Waals surface area contributed by atoms with Crippen LogP contribution in [0.5, 0.6) is 0 Å². The fourth-order valence-corrected chi connectivity index (χ4v) is 1.54. The number of phosphoric ester groups is 1. The monoisotopic (exact) mass is 241 g/mol. The van der Waals surface area contributed by atoms with Gasteiger partial charge in [0, 0.05) is 6.54 Å². The summed E-state index contributed by atoms with van der Waals surface area (Å²) in [5.41, 5.74) is 0. The minimum Gasteiger partial charge on any atom is -0.378 e. The number of hydrogen-bond donors (Lipinski definition) is 2. The quantitative estimate of drug-likeness (QED) is 0.434. The highest BCUT2D eigenvalue weighted by Crippen LogP contribution is 2.42. The van der Waals surface area contributed by atoms with Crippen LogP contribution in [0.1, 0.15) is 13.8 Å². The van der Waals surface area contributed by atoms with Crippen molar-refractivity contribution in [2.75, 3.05) is 39.5 Å². The van der Waals surface area contributed by atoms with Gasteiger partial charge in [-0.15, -0.1) is 0 Å². The van der Waals surface area contributed by atoms with E-state index >= 15 is 0 Å². The van der Waals surface area contributed by atoms with Gasteiger partial charge >= 0.3 is 7.82 Å². The van der Waals surface area contributed by atoms with Crippen molar-refractivity contribution in [3.63, 3.8) is 0 Å². The van der Waals surface area contributed by atoms with Crippen LogP contribution in [0.25, 0.3) is 0 Å². The van der Waals surface area contributed by atoms with Crippen LogP contribution in [0.4, 0.5) is 0 Å². The van der Waals surface area contributed by atoms with Crippen LogP contribution in [-0.2, 0) is 18.3 Å². The van der Waals surface area contributed by atoms with Crippen LogP contribution >= 0.6 is 7.82 Å². The Morgan fingerprint density at radius 2 is 1.93 bits per heavy atom. The summed E-state index contributed by atoms with van der Waals surface area (Å²) in [5.74, 6) is 0. The Bertz CT molecular complexity index is 190. The first-order valence-corrected chi connectivity index (χ1v) is 6.52. The molecule has 1 atom stereocenters. The van der Waals surface area contributed by atoms with Gasteiger partial charge in [-0.25, -0.2) is 4.57 Å². The molecule has 15 heavy (non-hydrogen) atoms. The van der Waals surface area contributed by atoms with Gasteiger partial charge in [-0.05, 0) is 13.5 Å². The van der Waals surface area contributed by atoms with Gasteiger partial charge in [0.1, 0.15) is 0 Å². The Labute approximate surface area is 90.5 Å². The number of hydrogen-bond acceptors (Lipinski definition) is 5. The molecule has 0 spiro atoms. The first kappa shape index (κ1) is 15.0. The predicted molar refractivity (Wildman–Crippen MR) is 56.8 cm³/mol. The minimum absolute atomic E-state index is 0.0555. The molecule has 0 rings (SSSR count). The molecule has 0 fully saturated rings. The summed E-state index contributed by atoms with van der Waals surface area (Å²) in [5, 5.41) is 3.08. The molecule has 0 aliphatic rings. The van der Waals surface area contributed by atoms with Gasteiger partial charge in [-0.1, -0.05) is 6.92 Å². The van der Waals surface area contributed by atoms with Crippen LogP contribution in [0, 0.1) is 0 Å². The predicted octanol–water partition coefficient (Wildman–Crippen LogP) is 0.766. The molecule has 6 nitrogen and oxygen atoms in total. The summed E-state index contributed by atoms with van der Waals surface area (Å²) in [6, 6.07) is 0. The van der Waals surface area contributed by atoms with E-state index in [1.165, 1.54) is 0 Å². The smallest absolute Gasteiger partial charge is 0.378 e. The van der Waals surface area contributed by atoms with Crippen molar-refractivity contribution in [2.45, 2.75) is 13.8 Å². The lowest BCUT2D eigenvalue weighted by atomic mass is 10.6. The zero-order valence-electron chi connectivity index (χ0n) is 9.27. The molecule has 0 aromatic rings. The largest absolute Gasteiger partial charge is 0.472 e. The summed E-state index contributed by atoms with van der Waals surface area (Å²) < 4.78 is 25.2. The highest BCUT2D eigenvalue weighted by Gasteiger charge is 2.18. The fraction of sp³-hybridized carbons (Fsp3) is 1.00. The second-order valence-corrected chi connectivity index (χ2v) is 4.14.